The van der Waals surface area contributed by atoms with Crippen LogP contribution in [0.5, 0.6) is 0 Å². The van der Waals surface area contributed by atoms with Crippen LogP contribution < -0.4 is 0 Å². The summed E-state index contributed by atoms with van der Waals surface area (Å²) in [5.74, 6) is 0.335. The van der Waals surface area contributed by atoms with E-state index in [2.05, 4.69) is 6.58 Å². The van der Waals surface area contributed by atoms with Crippen molar-refractivity contribution in [2.75, 3.05) is 20.6 Å². The number of hydrogen-bond donors (Lipinski definition) is 1. The summed E-state index contributed by atoms with van der Waals surface area (Å²) in [7, 11) is 3.84. The highest BCUT2D eigenvalue weighted by molar-refractivity contribution is 5.79. The molecule has 1 saturated heterocycles. The van der Waals surface area contributed by atoms with E-state index >= 15 is 0 Å². The maximum Gasteiger partial charge on any atom is 0.237 e. The van der Waals surface area contributed by atoms with Crippen LogP contribution in [-0.2, 0) is 4.79 Å². The highest BCUT2D eigenvalue weighted by Gasteiger charge is 2.50. The van der Waals surface area contributed by atoms with E-state index in [1.165, 1.54) is 0 Å². The number of likely N-dealkylation sites (tertiary alicyclic amines) is 1. The lowest BCUT2D eigenvalue weighted by Gasteiger charge is -2.54. The predicted octanol–water partition coefficient (Wildman–Crippen LogP) is 1.64. The molecule has 1 aliphatic carbocycles. The van der Waals surface area contributed by atoms with Crippen molar-refractivity contribution in [2.24, 2.45) is 5.92 Å². The molecule has 1 saturated carbocycles. The molecule has 114 valence electrons. The molecule has 2 fully saturated rings. The quantitative estimate of drug-likeness (QED) is 0.799. The Kier molecular flexibility index (Phi) is 4.55. The minimum atomic E-state index is -0.806. The molecule has 0 aromatic heterocycles. The predicted molar refractivity (Wildman–Crippen MR) is 80.4 cm³/mol. The zero-order chi connectivity index (χ0) is 14.9. The van der Waals surface area contributed by atoms with E-state index in [-0.39, 0.29) is 23.9 Å². The maximum atomic E-state index is 12.5. The molecular formula is C16H28N2O2. The third-order valence-corrected chi connectivity index (χ3v) is 4.92. The fourth-order valence-electron chi connectivity index (χ4n) is 4.09. The van der Waals surface area contributed by atoms with Crippen molar-refractivity contribution in [3.8, 4) is 0 Å². The summed E-state index contributed by atoms with van der Waals surface area (Å²) in [6.45, 7) is 6.33. The van der Waals surface area contributed by atoms with Gasteiger partial charge in [-0.25, -0.2) is 0 Å². The largest absolute Gasteiger partial charge is 0.385 e. The lowest BCUT2D eigenvalue weighted by molar-refractivity contribution is -0.154. The minimum absolute atomic E-state index is 0.0739. The molecule has 20 heavy (non-hydrogen) atoms. The van der Waals surface area contributed by atoms with Crippen molar-refractivity contribution in [3.63, 3.8) is 0 Å². The SMILES string of the molecule is C=CC1(O)CC(C)N(C(=O)CN(C)C)C2CCCCC21. The number of carbonyl (C=O) groups excluding carboxylic acids is 1. The molecule has 4 nitrogen and oxygen atoms in total. The van der Waals surface area contributed by atoms with Crippen molar-refractivity contribution in [2.45, 2.75) is 56.7 Å². The monoisotopic (exact) mass is 280 g/mol. The highest BCUT2D eigenvalue weighted by Crippen LogP contribution is 2.44. The van der Waals surface area contributed by atoms with Crippen molar-refractivity contribution in [1.82, 2.24) is 9.80 Å². The number of hydrogen-bond acceptors (Lipinski definition) is 3. The maximum absolute atomic E-state index is 12.5. The van der Waals surface area contributed by atoms with Gasteiger partial charge in [-0.15, -0.1) is 6.58 Å². The smallest absolute Gasteiger partial charge is 0.237 e. The van der Waals surface area contributed by atoms with Crippen LogP contribution in [0.4, 0.5) is 0 Å². The average molecular weight is 280 g/mol. The summed E-state index contributed by atoms with van der Waals surface area (Å²) < 4.78 is 0. The van der Waals surface area contributed by atoms with E-state index < -0.39 is 5.60 Å². The molecule has 2 rings (SSSR count). The van der Waals surface area contributed by atoms with Crippen LogP contribution in [0, 0.1) is 5.92 Å². The third-order valence-electron chi connectivity index (χ3n) is 4.92. The number of fused-ring (bicyclic) bond motifs is 1. The lowest BCUT2D eigenvalue weighted by atomic mass is 9.67. The Labute approximate surface area is 122 Å². The molecule has 1 aliphatic heterocycles. The number of amides is 1. The van der Waals surface area contributed by atoms with Gasteiger partial charge in [0.15, 0.2) is 0 Å². The van der Waals surface area contributed by atoms with Crippen molar-refractivity contribution < 1.29 is 9.90 Å². The molecule has 0 aromatic carbocycles. The summed E-state index contributed by atoms with van der Waals surface area (Å²) >= 11 is 0. The molecule has 4 heteroatoms. The van der Waals surface area contributed by atoms with Gasteiger partial charge >= 0.3 is 0 Å². The van der Waals surface area contributed by atoms with E-state index in [0.29, 0.717) is 13.0 Å². The van der Waals surface area contributed by atoms with Crippen LogP contribution in [0.15, 0.2) is 12.7 Å². The first-order chi connectivity index (χ1) is 9.39. The van der Waals surface area contributed by atoms with Gasteiger partial charge in [0.1, 0.15) is 0 Å². The summed E-state index contributed by atoms with van der Waals surface area (Å²) in [4.78, 5) is 16.5. The number of piperidine rings is 1. The van der Waals surface area contributed by atoms with Gasteiger partial charge in [0, 0.05) is 24.4 Å². The number of nitrogens with zero attached hydrogens (tertiary/aromatic N) is 2. The zero-order valence-corrected chi connectivity index (χ0v) is 13.0. The van der Waals surface area contributed by atoms with Gasteiger partial charge in [-0.1, -0.05) is 18.9 Å². The Hall–Kier alpha value is -0.870. The van der Waals surface area contributed by atoms with Gasteiger partial charge in [0.2, 0.25) is 5.91 Å². The first-order valence-corrected chi connectivity index (χ1v) is 7.71. The Balaban J connectivity index is 2.25. The second kappa shape index (κ2) is 5.86. The number of aliphatic hydroxyl groups is 1. The molecule has 4 unspecified atom stereocenters. The van der Waals surface area contributed by atoms with Crippen LogP contribution in [0.25, 0.3) is 0 Å². The first kappa shape index (κ1) is 15.5. The second-order valence-corrected chi connectivity index (χ2v) is 6.75. The summed E-state index contributed by atoms with van der Waals surface area (Å²) in [6.07, 6.45) is 6.60. The Bertz CT molecular complexity index is 383. The molecule has 0 radical (unpaired) electrons. The summed E-state index contributed by atoms with van der Waals surface area (Å²) in [5.41, 5.74) is -0.806. The van der Waals surface area contributed by atoms with Crippen LogP contribution in [0.2, 0.25) is 0 Å². The molecule has 1 N–H and O–H groups in total. The van der Waals surface area contributed by atoms with Crippen molar-refractivity contribution in [1.29, 1.82) is 0 Å². The van der Waals surface area contributed by atoms with E-state index in [9.17, 15) is 9.90 Å². The number of likely N-dealkylation sites (N-methyl/N-ethyl adjacent to an activating group) is 1. The normalized spacial score (nSPS) is 37.6. The molecule has 1 heterocycles. The molecule has 1 amide bonds. The van der Waals surface area contributed by atoms with Crippen LogP contribution >= 0.6 is 0 Å². The van der Waals surface area contributed by atoms with Gasteiger partial charge in [0.25, 0.3) is 0 Å². The van der Waals surface area contributed by atoms with Gasteiger partial charge in [0.05, 0.1) is 12.1 Å². The lowest BCUT2D eigenvalue weighted by Crippen LogP contribution is -2.63. The van der Waals surface area contributed by atoms with Gasteiger partial charge < -0.3 is 14.9 Å². The first-order valence-electron chi connectivity index (χ1n) is 7.71. The van der Waals surface area contributed by atoms with Crippen LogP contribution in [-0.4, -0.2) is 59.1 Å². The Morgan fingerprint density at radius 2 is 2.10 bits per heavy atom. The summed E-state index contributed by atoms with van der Waals surface area (Å²) in [5, 5.41) is 10.9. The average Bonchev–Trinajstić information content (AvgIpc) is 2.38. The zero-order valence-electron chi connectivity index (χ0n) is 13.0. The van der Waals surface area contributed by atoms with Gasteiger partial charge in [-0.05, 0) is 33.9 Å². The standard InChI is InChI=1S/C16H28N2O2/c1-5-16(20)10-12(2)18(15(19)11-17(3)4)14-9-7-6-8-13(14)16/h5,12-14,20H,1,6-11H2,2-4H3. The molecular weight excluding hydrogens is 252 g/mol. The molecule has 0 spiro atoms. The van der Waals surface area contributed by atoms with Crippen LogP contribution in [0.1, 0.15) is 39.0 Å². The van der Waals surface area contributed by atoms with E-state index in [0.717, 1.165) is 25.7 Å². The third kappa shape index (κ3) is 2.77. The van der Waals surface area contributed by atoms with Crippen LogP contribution in [0.3, 0.4) is 0 Å². The second-order valence-electron chi connectivity index (χ2n) is 6.75. The molecule has 2 aliphatic rings. The number of rotatable bonds is 3. The molecule has 4 atom stereocenters. The summed E-state index contributed by atoms with van der Waals surface area (Å²) in [6, 6.07) is 0.243. The van der Waals surface area contributed by atoms with E-state index in [4.69, 9.17) is 0 Å². The highest BCUT2D eigenvalue weighted by atomic mass is 16.3. The fraction of sp³-hybridized carbons (Fsp3) is 0.812. The van der Waals surface area contributed by atoms with Gasteiger partial charge in [-0.3, -0.25) is 4.79 Å². The van der Waals surface area contributed by atoms with Gasteiger partial charge in [-0.2, -0.15) is 0 Å². The van der Waals surface area contributed by atoms with E-state index in [1.807, 2.05) is 30.8 Å². The minimum Gasteiger partial charge on any atom is -0.385 e. The molecule has 0 aromatic rings. The Morgan fingerprint density at radius 1 is 1.45 bits per heavy atom. The van der Waals surface area contributed by atoms with E-state index in [1.54, 1.807) is 6.08 Å². The topological polar surface area (TPSA) is 43.8 Å². The number of carbonyl (C=O) groups is 1. The van der Waals surface area contributed by atoms with Crippen molar-refractivity contribution in [3.05, 3.63) is 12.7 Å². The Morgan fingerprint density at radius 3 is 2.70 bits per heavy atom. The fourth-order valence-corrected chi connectivity index (χ4v) is 4.09. The van der Waals surface area contributed by atoms with Crippen molar-refractivity contribution >= 4 is 5.91 Å². The molecule has 0 bridgehead atoms.